The molecule has 33 heavy (non-hydrogen) atoms. The quantitative estimate of drug-likeness (QED) is 0.478. The molecule has 0 saturated heterocycles. The summed E-state index contributed by atoms with van der Waals surface area (Å²) >= 11 is 6.15. The lowest BCUT2D eigenvalue weighted by Gasteiger charge is -2.17. The Morgan fingerprint density at radius 3 is 2.36 bits per heavy atom. The molecular formula is C21H16ClF3N2O5S. The van der Waals surface area contributed by atoms with Crippen LogP contribution in [0, 0.1) is 17.5 Å². The van der Waals surface area contributed by atoms with E-state index in [1.807, 2.05) is 0 Å². The number of aromatic nitrogens is 1. The Morgan fingerprint density at radius 2 is 1.79 bits per heavy atom. The fourth-order valence-corrected chi connectivity index (χ4v) is 4.46. The van der Waals surface area contributed by atoms with E-state index in [4.69, 9.17) is 26.8 Å². The minimum absolute atomic E-state index is 0.165. The van der Waals surface area contributed by atoms with Gasteiger partial charge in [-0.3, -0.25) is 4.79 Å². The average molecular weight is 501 g/mol. The summed E-state index contributed by atoms with van der Waals surface area (Å²) in [6.45, 7) is 1.39. The first-order valence-corrected chi connectivity index (χ1v) is 11.3. The molecule has 0 fully saturated rings. The molecular weight excluding hydrogens is 485 g/mol. The van der Waals surface area contributed by atoms with E-state index in [0.717, 1.165) is 0 Å². The zero-order valence-corrected chi connectivity index (χ0v) is 18.7. The summed E-state index contributed by atoms with van der Waals surface area (Å²) in [7, 11) is -2.73. The van der Waals surface area contributed by atoms with Crippen LogP contribution in [-0.2, 0) is 9.84 Å². The van der Waals surface area contributed by atoms with Gasteiger partial charge < -0.3 is 15.2 Å². The summed E-state index contributed by atoms with van der Waals surface area (Å²) in [5.41, 5.74) is 5.50. The van der Waals surface area contributed by atoms with E-state index in [0.29, 0.717) is 12.1 Å². The van der Waals surface area contributed by atoms with Crippen LogP contribution in [0.2, 0.25) is 5.02 Å². The van der Waals surface area contributed by atoms with Crippen LogP contribution >= 0.6 is 11.6 Å². The number of methoxy groups -OCH3 is 1. The second-order valence-corrected chi connectivity index (χ2v) is 9.20. The van der Waals surface area contributed by atoms with Gasteiger partial charge in [0, 0.05) is 17.3 Å². The maximum Gasteiger partial charge on any atom is 0.250 e. The summed E-state index contributed by atoms with van der Waals surface area (Å²) in [4.78, 5) is 15.3. The molecule has 0 atom stereocenters. The average Bonchev–Trinajstić information content (AvgIpc) is 2.78. The molecule has 0 aliphatic carbocycles. The number of halogens is 4. The van der Waals surface area contributed by atoms with Crippen molar-refractivity contribution in [3.05, 3.63) is 64.6 Å². The molecule has 0 bridgehead atoms. The molecule has 1 heterocycles. The van der Waals surface area contributed by atoms with Crippen LogP contribution in [0.25, 0.3) is 11.1 Å². The standard InChI is InChI=1S/C21H16ClF3N2O5S/c1-3-33(29,30)19-12(20(26)28)5-4-11(17(19)31-2)10-8-13(22)21(27-9-10)32-18-15(24)7-6-14(23)16(18)25/h4-9H,3H2,1-2H3,(H2,26,28). The van der Waals surface area contributed by atoms with Crippen LogP contribution in [0.1, 0.15) is 17.3 Å². The Kier molecular flexibility index (Phi) is 6.84. The van der Waals surface area contributed by atoms with Crippen molar-refractivity contribution in [3.8, 4) is 28.5 Å². The molecule has 2 N–H and O–H groups in total. The molecule has 0 aliphatic rings. The van der Waals surface area contributed by atoms with Crippen LogP contribution in [-0.4, -0.2) is 32.2 Å². The second kappa shape index (κ2) is 9.28. The van der Waals surface area contributed by atoms with Crippen LogP contribution in [0.15, 0.2) is 41.4 Å². The van der Waals surface area contributed by atoms with E-state index in [1.165, 1.54) is 38.4 Å². The lowest BCUT2D eigenvalue weighted by Crippen LogP contribution is -2.18. The van der Waals surface area contributed by atoms with Crippen molar-refractivity contribution in [1.82, 2.24) is 4.98 Å². The molecule has 12 heteroatoms. The number of rotatable bonds is 7. The van der Waals surface area contributed by atoms with Crippen LogP contribution in [0.4, 0.5) is 13.2 Å². The zero-order chi connectivity index (χ0) is 24.5. The molecule has 1 amide bonds. The highest BCUT2D eigenvalue weighted by atomic mass is 35.5. The van der Waals surface area contributed by atoms with Gasteiger partial charge in [-0.1, -0.05) is 18.5 Å². The van der Waals surface area contributed by atoms with Crippen LogP contribution in [0.3, 0.4) is 0 Å². The summed E-state index contributed by atoms with van der Waals surface area (Å²) in [6.07, 6.45) is 1.17. The Balaban J connectivity index is 2.14. The number of amides is 1. The number of carbonyl (C=O) groups excluding carboxylic acids is 1. The molecule has 3 rings (SSSR count). The van der Waals surface area contributed by atoms with E-state index in [2.05, 4.69) is 4.98 Å². The van der Waals surface area contributed by atoms with Crippen molar-refractivity contribution in [3.63, 3.8) is 0 Å². The highest BCUT2D eigenvalue weighted by Gasteiger charge is 2.28. The van der Waals surface area contributed by atoms with Gasteiger partial charge in [-0.15, -0.1) is 0 Å². The topological polar surface area (TPSA) is 109 Å². The number of hydrogen-bond donors (Lipinski definition) is 1. The Morgan fingerprint density at radius 1 is 1.12 bits per heavy atom. The van der Waals surface area contributed by atoms with Crippen molar-refractivity contribution in [1.29, 1.82) is 0 Å². The molecule has 0 unspecified atom stereocenters. The third-order valence-corrected chi connectivity index (χ3v) is 6.65. The number of benzene rings is 2. The maximum absolute atomic E-state index is 13.9. The van der Waals surface area contributed by atoms with Gasteiger partial charge in [0.2, 0.25) is 23.4 Å². The lowest BCUT2D eigenvalue weighted by molar-refractivity contribution is 0.0996. The fraction of sp³-hybridized carbons (Fsp3) is 0.143. The van der Waals surface area contributed by atoms with Gasteiger partial charge in [-0.05, 0) is 30.3 Å². The minimum atomic E-state index is -3.94. The molecule has 0 saturated carbocycles. The first-order valence-electron chi connectivity index (χ1n) is 9.22. The maximum atomic E-state index is 13.9. The van der Waals surface area contributed by atoms with Crippen molar-refractivity contribution in [2.24, 2.45) is 5.73 Å². The summed E-state index contributed by atoms with van der Waals surface area (Å²) in [6, 6.07) is 5.14. The Hall–Kier alpha value is -3.31. The first kappa shape index (κ1) is 24.3. The largest absolute Gasteiger partial charge is 0.495 e. The first-order chi connectivity index (χ1) is 15.5. The number of hydrogen-bond acceptors (Lipinski definition) is 6. The minimum Gasteiger partial charge on any atom is -0.495 e. The predicted octanol–water partition coefficient (Wildman–Crippen LogP) is 4.51. The molecule has 0 spiro atoms. The number of pyridine rings is 1. The van der Waals surface area contributed by atoms with Crippen LogP contribution < -0.4 is 15.2 Å². The van der Waals surface area contributed by atoms with E-state index in [1.54, 1.807) is 0 Å². The number of carbonyl (C=O) groups is 1. The van der Waals surface area contributed by atoms with Crippen molar-refractivity contribution in [2.75, 3.05) is 12.9 Å². The zero-order valence-electron chi connectivity index (χ0n) is 17.2. The number of sulfone groups is 1. The van der Waals surface area contributed by atoms with E-state index >= 15 is 0 Å². The summed E-state index contributed by atoms with van der Waals surface area (Å²) in [5, 5.41) is -0.225. The summed E-state index contributed by atoms with van der Waals surface area (Å²) < 4.78 is 76.8. The molecule has 1 aromatic heterocycles. The number of nitrogens with two attached hydrogens (primary N) is 1. The van der Waals surface area contributed by atoms with Gasteiger partial charge in [-0.25, -0.2) is 22.2 Å². The Bertz CT molecular complexity index is 1370. The molecule has 2 aromatic carbocycles. The molecule has 3 aromatic rings. The van der Waals surface area contributed by atoms with Gasteiger partial charge in [0.1, 0.15) is 15.7 Å². The van der Waals surface area contributed by atoms with E-state index in [-0.39, 0.29) is 33.2 Å². The lowest BCUT2D eigenvalue weighted by atomic mass is 10.0. The number of ether oxygens (including phenoxy) is 2. The van der Waals surface area contributed by atoms with Gasteiger partial charge in [0.05, 0.1) is 18.4 Å². The number of primary amides is 1. The van der Waals surface area contributed by atoms with Crippen molar-refractivity contribution < 1.29 is 35.9 Å². The third kappa shape index (κ3) is 4.60. The van der Waals surface area contributed by atoms with Gasteiger partial charge in [-0.2, -0.15) is 4.39 Å². The molecule has 0 aliphatic heterocycles. The Labute approximate surface area is 191 Å². The molecule has 7 nitrogen and oxygen atoms in total. The SMILES string of the molecule is CCS(=O)(=O)c1c(C(N)=O)ccc(-c2cnc(Oc3c(F)ccc(F)c3F)c(Cl)c2)c1OC. The monoisotopic (exact) mass is 500 g/mol. The van der Waals surface area contributed by atoms with Gasteiger partial charge >= 0.3 is 0 Å². The van der Waals surface area contributed by atoms with E-state index < -0.39 is 49.7 Å². The predicted molar refractivity (Wildman–Crippen MR) is 114 cm³/mol. The highest BCUT2D eigenvalue weighted by molar-refractivity contribution is 7.91. The highest BCUT2D eigenvalue weighted by Crippen LogP contribution is 2.40. The molecule has 174 valence electrons. The van der Waals surface area contributed by atoms with Gasteiger partial charge in [0.25, 0.3) is 0 Å². The van der Waals surface area contributed by atoms with E-state index in [9.17, 15) is 26.4 Å². The fourth-order valence-electron chi connectivity index (χ4n) is 2.99. The van der Waals surface area contributed by atoms with Crippen molar-refractivity contribution in [2.45, 2.75) is 11.8 Å². The third-order valence-electron chi connectivity index (χ3n) is 4.59. The van der Waals surface area contributed by atoms with Crippen molar-refractivity contribution >= 4 is 27.3 Å². The second-order valence-electron chi connectivity index (χ2n) is 6.58. The van der Waals surface area contributed by atoms with Gasteiger partial charge in [0.15, 0.2) is 21.5 Å². The molecule has 0 radical (unpaired) electrons. The smallest absolute Gasteiger partial charge is 0.250 e. The van der Waals surface area contributed by atoms with Crippen LogP contribution in [0.5, 0.6) is 17.4 Å². The summed E-state index contributed by atoms with van der Waals surface area (Å²) in [5.74, 6) is -6.99. The number of nitrogens with zero attached hydrogens (tertiary/aromatic N) is 1. The normalized spacial score (nSPS) is 11.3.